The van der Waals surface area contributed by atoms with Crippen LogP contribution in [0.15, 0.2) is 115 Å². The van der Waals surface area contributed by atoms with Crippen molar-refractivity contribution >= 4 is 49.6 Å². The summed E-state index contributed by atoms with van der Waals surface area (Å²) in [6.07, 6.45) is 0. The van der Waals surface area contributed by atoms with Gasteiger partial charge in [0.05, 0.1) is 22.4 Å². The Balaban J connectivity index is 1.28. The lowest BCUT2D eigenvalue weighted by atomic mass is 9.73. The van der Waals surface area contributed by atoms with E-state index in [1.165, 1.54) is 22.5 Å². The molecule has 206 valence electrons. The van der Waals surface area contributed by atoms with Crippen LogP contribution in [0.1, 0.15) is 36.4 Å². The van der Waals surface area contributed by atoms with Crippen molar-refractivity contribution in [3.63, 3.8) is 0 Å². The summed E-state index contributed by atoms with van der Waals surface area (Å²) in [4.78, 5) is 11.5. The van der Waals surface area contributed by atoms with Crippen molar-refractivity contribution in [1.82, 2.24) is 9.97 Å². The molecule has 0 unspecified atom stereocenters. The molecule has 1 aliphatic rings. The maximum Gasteiger partial charge on any atom is 0.177 e. The second-order valence-electron chi connectivity index (χ2n) is 11.7. The van der Waals surface area contributed by atoms with Gasteiger partial charge in [0.15, 0.2) is 11.4 Å². The molecule has 0 radical (unpaired) electrons. The average molecular weight is 564 g/mol. The Kier molecular flexibility index (Phi) is 5.53. The zero-order valence-corrected chi connectivity index (χ0v) is 24.2. The number of para-hydroxylation sites is 2. The van der Waals surface area contributed by atoms with Gasteiger partial charge in [0, 0.05) is 21.9 Å². The number of rotatable bonds is 2. The lowest BCUT2D eigenvalue weighted by Crippen LogP contribution is -2.30. The third-order valence-electron chi connectivity index (χ3n) is 8.95. The first-order chi connectivity index (χ1) is 21.5. The molecular formula is C39H25N5. The fourth-order valence-electron chi connectivity index (χ4n) is 6.79. The molecule has 0 fully saturated rings. The molecule has 0 saturated carbocycles. The van der Waals surface area contributed by atoms with Crippen LogP contribution in [0.2, 0.25) is 0 Å². The number of hydrogen-bond acceptors (Lipinski definition) is 5. The highest BCUT2D eigenvalue weighted by atomic mass is 15.2. The Morgan fingerprint density at radius 2 is 1.05 bits per heavy atom. The van der Waals surface area contributed by atoms with E-state index in [9.17, 15) is 10.5 Å². The first-order valence-electron chi connectivity index (χ1n) is 14.6. The van der Waals surface area contributed by atoms with Gasteiger partial charge in [0.2, 0.25) is 0 Å². The fourth-order valence-corrected chi connectivity index (χ4v) is 6.79. The average Bonchev–Trinajstić information content (AvgIpc) is 3.08. The van der Waals surface area contributed by atoms with Crippen molar-refractivity contribution in [2.45, 2.75) is 19.3 Å². The molecular weight excluding hydrogens is 538 g/mol. The summed E-state index contributed by atoms with van der Waals surface area (Å²) in [6.45, 7) is 4.60. The summed E-state index contributed by atoms with van der Waals surface area (Å²) in [7, 11) is 0. The maximum atomic E-state index is 9.63. The molecule has 0 saturated heterocycles. The number of anilines is 3. The summed E-state index contributed by atoms with van der Waals surface area (Å²) in [5.74, 6) is 0. The predicted octanol–water partition coefficient (Wildman–Crippen LogP) is 9.46. The third-order valence-corrected chi connectivity index (χ3v) is 8.95. The van der Waals surface area contributed by atoms with Gasteiger partial charge in [0.1, 0.15) is 12.1 Å². The van der Waals surface area contributed by atoms with E-state index in [-0.39, 0.29) is 16.8 Å². The minimum absolute atomic E-state index is 0.0421. The van der Waals surface area contributed by atoms with Gasteiger partial charge in [-0.15, -0.1) is 0 Å². The van der Waals surface area contributed by atoms with E-state index in [1.54, 1.807) is 0 Å². The largest absolute Gasteiger partial charge is 0.310 e. The van der Waals surface area contributed by atoms with Crippen LogP contribution in [0.3, 0.4) is 0 Å². The Morgan fingerprint density at radius 1 is 0.545 bits per heavy atom. The standard InChI is InChI=1S/C39H25N5/c1-39(2)31-11-5-7-13-35(31)44(36-14-8-6-12-32(36)39)26-18-15-24(16-19-26)25-17-20-29-30(21-25)27-9-3-4-10-28(27)37-38(29)43-34(23-41)33(22-40)42-37/h3-21H,1-2H3. The quantitative estimate of drug-likeness (QED) is 0.196. The van der Waals surface area contributed by atoms with E-state index in [0.717, 1.165) is 38.4 Å². The van der Waals surface area contributed by atoms with Gasteiger partial charge in [-0.1, -0.05) is 98.8 Å². The van der Waals surface area contributed by atoms with Crippen LogP contribution < -0.4 is 4.90 Å². The van der Waals surface area contributed by atoms with Crippen LogP contribution in [0, 0.1) is 22.7 Å². The number of fused-ring (bicyclic) bond motifs is 8. The van der Waals surface area contributed by atoms with Gasteiger partial charge < -0.3 is 4.90 Å². The van der Waals surface area contributed by atoms with Gasteiger partial charge in [-0.3, -0.25) is 0 Å². The number of nitrogens with zero attached hydrogens (tertiary/aromatic N) is 5. The van der Waals surface area contributed by atoms with Crippen molar-refractivity contribution in [3.8, 4) is 23.3 Å². The molecule has 5 heteroatoms. The minimum Gasteiger partial charge on any atom is -0.310 e. The van der Waals surface area contributed by atoms with Gasteiger partial charge in [0.25, 0.3) is 0 Å². The number of hydrogen-bond donors (Lipinski definition) is 0. The van der Waals surface area contributed by atoms with E-state index >= 15 is 0 Å². The van der Waals surface area contributed by atoms with Gasteiger partial charge in [-0.25, -0.2) is 9.97 Å². The fraction of sp³-hybridized carbons (Fsp3) is 0.0769. The lowest BCUT2D eigenvalue weighted by molar-refractivity contribution is 0.632. The number of nitriles is 2. The smallest absolute Gasteiger partial charge is 0.177 e. The molecule has 0 N–H and O–H groups in total. The second-order valence-corrected chi connectivity index (χ2v) is 11.7. The Bertz CT molecular complexity index is 2340. The molecule has 8 rings (SSSR count). The number of benzene rings is 6. The maximum absolute atomic E-state index is 9.63. The van der Waals surface area contributed by atoms with Crippen LogP contribution in [0.5, 0.6) is 0 Å². The van der Waals surface area contributed by atoms with E-state index < -0.39 is 0 Å². The Morgan fingerprint density at radius 3 is 1.64 bits per heavy atom. The topological polar surface area (TPSA) is 76.6 Å². The normalized spacial score (nSPS) is 13.3. The van der Waals surface area contributed by atoms with Gasteiger partial charge >= 0.3 is 0 Å². The molecule has 1 aromatic heterocycles. The van der Waals surface area contributed by atoms with E-state index in [2.05, 4.69) is 126 Å². The summed E-state index contributed by atoms with van der Waals surface area (Å²) in [6, 6.07) is 44.5. The summed E-state index contributed by atoms with van der Waals surface area (Å²) in [5, 5.41) is 23.1. The summed E-state index contributed by atoms with van der Waals surface area (Å²) in [5.41, 5.74) is 9.54. The molecule has 0 bridgehead atoms. The van der Waals surface area contributed by atoms with Crippen molar-refractivity contribution in [1.29, 1.82) is 10.5 Å². The monoisotopic (exact) mass is 563 g/mol. The van der Waals surface area contributed by atoms with Crippen LogP contribution in [0.4, 0.5) is 17.1 Å². The van der Waals surface area contributed by atoms with Gasteiger partial charge in [-0.2, -0.15) is 10.5 Å². The highest BCUT2D eigenvalue weighted by Crippen LogP contribution is 2.51. The molecule has 7 aromatic rings. The van der Waals surface area contributed by atoms with E-state index in [0.29, 0.717) is 11.0 Å². The highest BCUT2D eigenvalue weighted by Gasteiger charge is 2.36. The Hall–Kier alpha value is -6.04. The van der Waals surface area contributed by atoms with Crippen molar-refractivity contribution in [2.75, 3.05) is 4.90 Å². The van der Waals surface area contributed by atoms with E-state index in [1.807, 2.05) is 30.3 Å². The molecule has 2 heterocycles. The van der Waals surface area contributed by atoms with Crippen LogP contribution in [-0.2, 0) is 5.41 Å². The van der Waals surface area contributed by atoms with Crippen LogP contribution in [0.25, 0.3) is 43.7 Å². The van der Waals surface area contributed by atoms with Crippen molar-refractivity contribution in [3.05, 3.63) is 138 Å². The molecule has 0 atom stereocenters. The molecule has 0 spiro atoms. The summed E-state index contributed by atoms with van der Waals surface area (Å²) >= 11 is 0. The summed E-state index contributed by atoms with van der Waals surface area (Å²) < 4.78 is 0. The first-order valence-corrected chi connectivity index (χ1v) is 14.6. The third kappa shape index (κ3) is 3.63. The van der Waals surface area contributed by atoms with E-state index in [4.69, 9.17) is 0 Å². The zero-order valence-electron chi connectivity index (χ0n) is 24.2. The predicted molar refractivity (Wildman–Crippen MR) is 176 cm³/mol. The molecule has 5 nitrogen and oxygen atoms in total. The Labute approximate surface area is 254 Å². The second kappa shape index (κ2) is 9.49. The SMILES string of the molecule is CC1(C)c2ccccc2N(c2ccc(-c3ccc4c(c3)c3ccccc3c3nc(C#N)c(C#N)nc43)cc2)c2ccccc21. The van der Waals surface area contributed by atoms with Gasteiger partial charge in [-0.05, 0) is 63.4 Å². The molecule has 0 aliphatic carbocycles. The first kappa shape index (κ1) is 25.7. The zero-order chi connectivity index (χ0) is 30.0. The van der Waals surface area contributed by atoms with Crippen molar-refractivity contribution in [2.24, 2.45) is 0 Å². The molecule has 6 aromatic carbocycles. The minimum atomic E-state index is -0.101. The van der Waals surface area contributed by atoms with Crippen LogP contribution >= 0.6 is 0 Å². The lowest BCUT2D eigenvalue weighted by Gasteiger charge is -2.42. The van der Waals surface area contributed by atoms with Crippen molar-refractivity contribution < 1.29 is 0 Å². The highest BCUT2D eigenvalue weighted by molar-refractivity contribution is 6.23. The molecule has 0 amide bonds. The number of aromatic nitrogens is 2. The molecule has 1 aliphatic heterocycles. The molecule has 44 heavy (non-hydrogen) atoms. The van der Waals surface area contributed by atoms with Crippen LogP contribution in [-0.4, -0.2) is 9.97 Å².